The Kier molecular flexibility index (Phi) is 6.93. The molecule has 0 bridgehead atoms. The van der Waals surface area contributed by atoms with Crippen molar-refractivity contribution >= 4 is 38.9 Å². The van der Waals surface area contributed by atoms with Gasteiger partial charge >= 0.3 is 6.03 Å². The summed E-state index contributed by atoms with van der Waals surface area (Å²) >= 11 is 0. The number of hydrogen-bond acceptors (Lipinski definition) is 4. The van der Waals surface area contributed by atoms with Crippen LogP contribution in [0.3, 0.4) is 0 Å². The van der Waals surface area contributed by atoms with Gasteiger partial charge in [0.2, 0.25) is 0 Å². The summed E-state index contributed by atoms with van der Waals surface area (Å²) < 4.78 is 14.0. The lowest BCUT2D eigenvalue weighted by molar-refractivity contribution is 0.0982. The number of rotatable bonds is 4. The van der Waals surface area contributed by atoms with Gasteiger partial charge in [-0.15, -0.1) is 0 Å². The highest BCUT2D eigenvalue weighted by atomic mass is 32.2. The van der Waals surface area contributed by atoms with Gasteiger partial charge in [-0.1, -0.05) is 35.6 Å². The van der Waals surface area contributed by atoms with Crippen molar-refractivity contribution in [3.05, 3.63) is 89.2 Å². The summed E-state index contributed by atoms with van der Waals surface area (Å²) in [6, 6.07) is 15.8. The fraction of sp³-hybridized carbons (Fsp3) is 0.0833. The Morgan fingerprint density at radius 3 is 2.34 bits per heavy atom. The van der Waals surface area contributed by atoms with Crippen LogP contribution in [0.2, 0.25) is 0 Å². The van der Waals surface area contributed by atoms with E-state index in [1.54, 1.807) is 30.3 Å². The van der Waals surface area contributed by atoms with Crippen molar-refractivity contribution in [2.75, 3.05) is 16.9 Å². The van der Waals surface area contributed by atoms with E-state index in [1.807, 2.05) is 31.2 Å². The highest BCUT2D eigenvalue weighted by molar-refractivity contribution is 7.98. The van der Waals surface area contributed by atoms with Gasteiger partial charge in [0.1, 0.15) is 0 Å². The van der Waals surface area contributed by atoms with E-state index < -0.39 is 15.6 Å². The first-order valence-electron chi connectivity index (χ1n) is 9.54. The predicted molar refractivity (Wildman–Crippen MR) is 129 cm³/mol. The van der Waals surface area contributed by atoms with Gasteiger partial charge in [0.05, 0.1) is 5.56 Å². The van der Waals surface area contributed by atoms with Gasteiger partial charge in [0.25, 0.3) is 5.91 Å². The fourth-order valence-corrected chi connectivity index (χ4v) is 3.15. The van der Waals surface area contributed by atoms with Crippen LogP contribution in [0, 0.1) is 18.8 Å². The minimum atomic E-state index is -2.68. The Balaban J connectivity index is 1.69. The summed E-state index contributed by atoms with van der Waals surface area (Å²) in [6.07, 6.45) is 4.22. The Hall–Kier alpha value is -4.09. The molecule has 1 heterocycles. The van der Waals surface area contributed by atoms with Gasteiger partial charge in [-0.25, -0.2) is 9.00 Å². The first-order chi connectivity index (χ1) is 15.2. The third kappa shape index (κ3) is 7.00. The maximum Gasteiger partial charge on any atom is 0.323 e. The molecule has 0 fully saturated rings. The average Bonchev–Trinajstić information content (AvgIpc) is 2.73. The zero-order valence-corrected chi connectivity index (χ0v) is 18.5. The quantitative estimate of drug-likeness (QED) is 0.422. The smallest absolute Gasteiger partial charge is 0.308 e. The maximum atomic E-state index is 12.2. The summed E-state index contributed by atoms with van der Waals surface area (Å²) in [4.78, 5) is 28.4. The molecule has 0 spiro atoms. The third-order valence-electron chi connectivity index (χ3n) is 4.09. The van der Waals surface area contributed by atoms with E-state index >= 15 is 0 Å². The summed E-state index contributed by atoms with van der Waals surface area (Å²) in [5.41, 5.74) is 3.80. The molecule has 8 heteroatoms. The Morgan fingerprint density at radius 2 is 1.62 bits per heavy atom. The summed E-state index contributed by atoms with van der Waals surface area (Å²) in [6.45, 7) is 1.98. The molecule has 3 rings (SSSR count). The molecule has 7 nitrogen and oxygen atoms in total. The molecule has 162 valence electrons. The highest BCUT2D eigenvalue weighted by Crippen LogP contribution is 2.13. The number of carbonyl (C=O) groups excluding carboxylic acids is 2. The number of aryl methyl sites for hydroxylation is 1. The monoisotopic (exact) mass is 446 g/mol. The summed E-state index contributed by atoms with van der Waals surface area (Å²) in [5, 5.41) is 5.54. The Morgan fingerprint density at radius 1 is 0.938 bits per heavy atom. The van der Waals surface area contributed by atoms with E-state index in [1.165, 1.54) is 18.6 Å². The van der Waals surface area contributed by atoms with E-state index in [0.29, 0.717) is 22.5 Å². The molecule has 32 heavy (non-hydrogen) atoms. The van der Waals surface area contributed by atoms with Crippen LogP contribution in [0.5, 0.6) is 0 Å². The van der Waals surface area contributed by atoms with Crippen molar-refractivity contribution in [3.63, 3.8) is 0 Å². The second-order valence-corrected chi connectivity index (χ2v) is 9.39. The number of hydrogen-bond donors (Lipinski definition) is 3. The number of anilines is 2. The van der Waals surface area contributed by atoms with Crippen LogP contribution in [-0.4, -0.2) is 33.3 Å². The van der Waals surface area contributed by atoms with Gasteiger partial charge in [0, 0.05) is 50.9 Å². The Bertz CT molecular complexity index is 1320. The van der Waals surface area contributed by atoms with Crippen LogP contribution < -0.4 is 15.4 Å². The molecule has 3 amide bonds. The van der Waals surface area contributed by atoms with E-state index in [-0.39, 0.29) is 11.6 Å². The molecule has 3 N–H and O–H groups in total. The van der Waals surface area contributed by atoms with Gasteiger partial charge in [-0.05, 0) is 49.2 Å². The molecular formula is C24H22N4O3S. The molecule has 0 radical (unpaired) electrons. The van der Waals surface area contributed by atoms with Gasteiger partial charge < -0.3 is 10.6 Å². The second kappa shape index (κ2) is 9.81. The standard InChI is InChI=1S/C24H22N4O3S/c1-17-7-11-21(12-8-17)26-24(30)27-22-6-4-5-18(14-22)9-10-19-13-20(16-25-15-19)23(29)28-32(2,3)31/h4-8,11-16H,2H2,1,3H3,(H2,26,27,30)(H,28,29,31). The van der Waals surface area contributed by atoms with E-state index in [0.717, 1.165) is 5.56 Å². The first-order valence-corrected chi connectivity index (χ1v) is 11.7. The van der Waals surface area contributed by atoms with Crippen molar-refractivity contribution in [2.24, 2.45) is 0 Å². The van der Waals surface area contributed by atoms with Crippen molar-refractivity contribution in [1.82, 2.24) is 9.71 Å². The fourth-order valence-electron chi connectivity index (χ4n) is 2.64. The lowest BCUT2D eigenvalue weighted by atomic mass is 10.1. The molecule has 0 saturated heterocycles. The number of carbonyl (C=O) groups is 2. The molecule has 2 aromatic carbocycles. The second-order valence-electron chi connectivity index (χ2n) is 7.17. The molecule has 0 saturated carbocycles. The Labute approximate surface area is 187 Å². The molecule has 0 aliphatic heterocycles. The number of amides is 3. The van der Waals surface area contributed by atoms with E-state index in [9.17, 15) is 13.8 Å². The van der Waals surface area contributed by atoms with Crippen LogP contribution in [0.15, 0.2) is 67.0 Å². The molecule has 1 aromatic heterocycles. The van der Waals surface area contributed by atoms with Crippen molar-refractivity contribution in [2.45, 2.75) is 6.92 Å². The highest BCUT2D eigenvalue weighted by Gasteiger charge is 2.09. The third-order valence-corrected chi connectivity index (χ3v) is 4.71. The average molecular weight is 447 g/mol. The van der Waals surface area contributed by atoms with Crippen LogP contribution in [0.1, 0.15) is 27.0 Å². The number of urea groups is 1. The molecular weight excluding hydrogens is 424 g/mol. The molecule has 0 aliphatic rings. The van der Waals surface area contributed by atoms with E-state index in [4.69, 9.17) is 0 Å². The lowest BCUT2D eigenvalue weighted by Crippen LogP contribution is -2.29. The number of benzene rings is 2. The van der Waals surface area contributed by atoms with Crippen LogP contribution >= 0.6 is 0 Å². The van der Waals surface area contributed by atoms with Gasteiger partial charge in [-0.2, -0.15) is 0 Å². The minimum Gasteiger partial charge on any atom is -0.308 e. The summed E-state index contributed by atoms with van der Waals surface area (Å²) in [7, 11) is -2.68. The summed E-state index contributed by atoms with van der Waals surface area (Å²) in [5.74, 6) is 8.79. The number of aromatic nitrogens is 1. The van der Waals surface area contributed by atoms with Gasteiger partial charge in [-0.3, -0.25) is 14.5 Å². The van der Waals surface area contributed by atoms with Gasteiger partial charge in [0.15, 0.2) is 0 Å². The van der Waals surface area contributed by atoms with Crippen molar-refractivity contribution in [3.8, 4) is 11.8 Å². The largest absolute Gasteiger partial charge is 0.323 e. The zero-order chi connectivity index (χ0) is 23.1. The van der Waals surface area contributed by atoms with Crippen LogP contribution in [-0.2, 0) is 9.71 Å². The lowest BCUT2D eigenvalue weighted by Gasteiger charge is -2.08. The molecule has 1 unspecified atom stereocenters. The first kappa shape index (κ1) is 22.6. The number of pyridine rings is 1. The van der Waals surface area contributed by atoms with Crippen LogP contribution in [0.25, 0.3) is 0 Å². The molecule has 0 aliphatic carbocycles. The normalized spacial score (nSPS) is 11.9. The SMILES string of the molecule is C=S(C)(=O)NC(=O)c1cncc(C#Cc2cccc(NC(=O)Nc3ccc(C)cc3)c2)c1. The van der Waals surface area contributed by atoms with Crippen molar-refractivity contribution < 1.29 is 13.8 Å². The number of nitrogens with zero attached hydrogens (tertiary/aromatic N) is 1. The minimum absolute atomic E-state index is 0.234. The molecule has 3 aromatic rings. The van der Waals surface area contributed by atoms with Crippen molar-refractivity contribution in [1.29, 1.82) is 0 Å². The predicted octanol–water partition coefficient (Wildman–Crippen LogP) is 3.42. The zero-order valence-electron chi connectivity index (χ0n) is 17.6. The van der Waals surface area contributed by atoms with E-state index in [2.05, 4.69) is 38.1 Å². The van der Waals surface area contributed by atoms with Crippen LogP contribution in [0.4, 0.5) is 16.2 Å². The topological polar surface area (TPSA) is 100 Å². The molecule has 1 atom stereocenters. The number of nitrogens with one attached hydrogen (secondary N) is 3. The maximum absolute atomic E-state index is 12.2.